The molecule has 3 nitrogen and oxygen atoms in total. The van der Waals surface area contributed by atoms with Crippen molar-refractivity contribution in [3.05, 3.63) is 11.6 Å². The second kappa shape index (κ2) is 6.62. The van der Waals surface area contributed by atoms with Crippen LogP contribution in [0.25, 0.3) is 0 Å². The minimum atomic E-state index is -0.789. The third kappa shape index (κ3) is 4.47. The van der Waals surface area contributed by atoms with Crippen LogP contribution in [0.15, 0.2) is 11.6 Å². The van der Waals surface area contributed by atoms with E-state index < -0.39 is 5.97 Å². The molecule has 0 aromatic carbocycles. The van der Waals surface area contributed by atoms with E-state index in [9.17, 15) is 4.79 Å². The van der Waals surface area contributed by atoms with Gasteiger partial charge >= 0.3 is 5.97 Å². The van der Waals surface area contributed by atoms with E-state index in [2.05, 4.69) is 5.32 Å². The summed E-state index contributed by atoms with van der Waals surface area (Å²) in [5, 5.41) is 12.2. The second-order valence-electron chi connectivity index (χ2n) is 4.13. The molecule has 0 bridgehead atoms. The van der Waals surface area contributed by atoms with Gasteiger partial charge in [0.2, 0.25) is 0 Å². The Hall–Kier alpha value is -0.830. The van der Waals surface area contributed by atoms with E-state index in [-0.39, 0.29) is 0 Å². The molecule has 3 heteroatoms. The molecule has 0 heterocycles. The maximum atomic E-state index is 10.7. The monoisotopic (exact) mass is 211 g/mol. The van der Waals surface area contributed by atoms with Gasteiger partial charge in [-0.05, 0) is 19.3 Å². The lowest BCUT2D eigenvalue weighted by Gasteiger charge is -2.22. The van der Waals surface area contributed by atoms with Crippen molar-refractivity contribution in [2.24, 2.45) is 0 Å². The molecule has 86 valence electrons. The predicted molar refractivity (Wildman–Crippen MR) is 60.9 cm³/mol. The van der Waals surface area contributed by atoms with E-state index in [1.54, 1.807) is 6.08 Å². The molecule has 0 spiro atoms. The van der Waals surface area contributed by atoms with E-state index in [1.165, 1.54) is 32.1 Å². The van der Waals surface area contributed by atoms with E-state index in [1.807, 2.05) is 6.92 Å². The van der Waals surface area contributed by atoms with Crippen LogP contribution in [-0.2, 0) is 4.79 Å². The Morgan fingerprint density at radius 2 is 2.07 bits per heavy atom. The van der Waals surface area contributed by atoms with E-state index in [0.717, 1.165) is 0 Å². The van der Waals surface area contributed by atoms with Crippen molar-refractivity contribution in [3.63, 3.8) is 0 Å². The molecule has 1 fully saturated rings. The maximum absolute atomic E-state index is 10.7. The maximum Gasteiger partial charge on any atom is 0.331 e. The highest BCUT2D eigenvalue weighted by Crippen LogP contribution is 2.17. The zero-order valence-corrected chi connectivity index (χ0v) is 9.46. The van der Waals surface area contributed by atoms with Gasteiger partial charge in [0, 0.05) is 18.2 Å². The van der Waals surface area contributed by atoms with Crippen molar-refractivity contribution in [1.29, 1.82) is 0 Å². The highest BCUT2D eigenvalue weighted by atomic mass is 16.4. The van der Waals surface area contributed by atoms with Gasteiger partial charge in [-0.25, -0.2) is 4.79 Å². The van der Waals surface area contributed by atoms with E-state index in [4.69, 9.17) is 5.11 Å². The van der Waals surface area contributed by atoms with Crippen molar-refractivity contribution in [2.45, 2.75) is 51.5 Å². The molecule has 0 atom stereocenters. The van der Waals surface area contributed by atoms with Crippen LogP contribution in [0, 0.1) is 0 Å². The summed E-state index contributed by atoms with van der Waals surface area (Å²) >= 11 is 0. The number of carbonyl (C=O) groups is 1. The molecule has 1 aliphatic rings. The van der Waals surface area contributed by atoms with Crippen molar-refractivity contribution < 1.29 is 9.90 Å². The highest BCUT2D eigenvalue weighted by molar-refractivity contribution is 5.86. The topological polar surface area (TPSA) is 49.3 Å². The molecule has 1 aliphatic carbocycles. The zero-order chi connectivity index (χ0) is 11.1. The molecule has 0 aromatic heterocycles. The average molecular weight is 211 g/mol. The third-order valence-electron chi connectivity index (χ3n) is 3.02. The molecule has 0 aliphatic heterocycles. The second-order valence-corrected chi connectivity index (χ2v) is 4.13. The smallest absolute Gasteiger partial charge is 0.331 e. The van der Waals surface area contributed by atoms with Gasteiger partial charge in [-0.15, -0.1) is 0 Å². The highest BCUT2D eigenvalue weighted by Gasteiger charge is 2.11. The Balaban J connectivity index is 2.26. The van der Waals surface area contributed by atoms with Gasteiger partial charge in [-0.2, -0.15) is 0 Å². The Kier molecular flexibility index (Phi) is 5.40. The first-order chi connectivity index (χ1) is 7.24. The molecule has 0 unspecified atom stereocenters. The normalized spacial score (nSPS) is 19.1. The number of hydrogen-bond donors (Lipinski definition) is 2. The van der Waals surface area contributed by atoms with Gasteiger partial charge in [0.15, 0.2) is 0 Å². The van der Waals surface area contributed by atoms with Gasteiger partial charge in [-0.3, -0.25) is 0 Å². The summed E-state index contributed by atoms with van der Waals surface area (Å²) < 4.78 is 0. The predicted octanol–water partition coefficient (Wildman–Crippen LogP) is 2.33. The summed E-state index contributed by atoms with van der Waals surface area (Å²) in [6.45, 7) is 2.57. The lowest BCUT2D eigenvalue weighted by Crippen LogP contribution is -2.31. The van der Waals surface area contributed by atoms with Crippen LogP contribution >= 0.6 is 0 Å². The van der Waals surface area contributed by atoms with Crippen molar-refractivity contribution in [1.82, 2.24) is 5.32 Å². The van der Waals surface area contributed by atoms with Gasteiger partial charge < -0.3 is 10.4 Å². The molecular weight excluding hydrogens is 190 g/mol. The first-order valence-electron chi connectivity index (χ1n) is 5.89. The minimum Gasteiger partial charge on any atom is -0.478 e. The van der Waals surface area contributed by atoms with Gasteiger partial charge in [0.1, 0.15) is 0 Å². The molecule has 1 saturated carbocycles. The van der Waals surface area contributed by atoms with E-state index >= 15 is 0 Å². The fourth-order valence-electron chi connectivity index (χ4n) is 2.04. The van der Waals surface area contributed by atoms with Crippen LogP contribution in [0.2, 0.25) is 0 Å². The molecule has 0 radical (unpaired) electrons. The number of aliphatic carboxylic acids is 1. The van der Waals surface area contributed by atoms with Crippen molar-refractivity contribution in [3.8, 4) is 0 Å². The largest absolute Gasteiger partial charge is 0.478 e. The number of hydrogen-bond acceptors (Lipinski definition) is 2. The molecule has 15 heavy (non-hydrogen) atoms. The lowest BCUT2D eigenvalue weighted by atomic mass is 9.95. The zero-order valence-electron chi connectivity index (χ0n) is 9.46. The van der Waals surface area contributed by atoms with Gasteiger partial charge in [0.05, 0.1) is 0 Å². The van der Waals surface area contributed by atoms with Crippen LogP contribution in [0.1, 0.15) is 45.4 Å². The number of nitrogens with one attached hydrogen (secondary N) is 1. The summed E-state index contributed by atoms with van der Waals surface area (Å²) in [6.07, 6.45) is 8.84. The van der Waals surface area contributed by atoms with E-state index in [0.29, 0.717) is 24.6 Å². The van der Waals surface area contributed by atoms with Crippen molar-refractivity contribution >= 4 is 5.97 Å². The van der Waals surface area contributed by atoms with Crippen LogP contribution < -0.4 is 5.32 Å². The SMILES string of the molecule is CCC(=CCNC1CCCCC1)C(=O)O. The Morgan fingerprint density at radius 3 is 2.60 bits per heavy atom. The van der Waals surface area contributed by atoms with Crippen LogP contribution in [0.5, 0.6) is 0 Å². The molecule has 0 amide bonds. The molecule has 2 N–H and O–H groups in total. The van der Waals surface area contributed by atoms with Crippen molar-refractivity contribution in [2.75, 3.05) is 6.54 Å². The first kappa shape index (κ1) is 12.2. The first-order valence-corrected chi connectivity index (χ1v) is 5.89. The average Bonchev–Trinajstić information content (AvgIpc) is 2.25. The number of carboxylic acid groups (broad SMARTS) is 1. The summed E-state index contributed by atoms with van der Waals surface area (Å²) in [5.74, 6) is -0.789. The number of rotatable bonds is 5. The van der Waals surface area contributed by atoms with Crippen LogP contribution in [0.3, 0.4) is 0 Å². The summed E-state index contributed by atoms with van der Waals surface area (Å²) in [6, 6.07) is 0.599. The standard InChI is InChI=1S/C12H21NO2/c1-2-10(12(14)15)8-9-13-11-6-4-3-5-7-11/h8,11,13H,2-7,9H2,1H3,(H,14,15). The minimum absolute atomic E-state index is 0.512. The summed E-state index contributed by atoms with van der Waals surface area (Å²) in [5.41, 5.74) is 0.512. The number of carboxylic acids is 1. The van der Waals surface area contributed by atoms with Crippen LogP contribution in [-0.4, -0.2) is 23.7 Å². The Bertz CT molecular complexity index is 230. The summed E-state index contributed by atoms with van der Waals surface area (Å²) in [4.78, 5) is 10.7. The van der Waals surface area contributed by atoms with Gasteiger partial charge in [0.25, 0.3) is 0 Å². The van der Waals surface area contributed by atoms with Crippen LogP contribution in [0.4, 0.5) is 0 Å². The lowest BCUT2D eigenvalue weighted by molar-refractivity contribution is -0.132. The quantitative estimate of drug-likeness (QED) is 0.686. The fourth-order valence-corrected chi connectivity index (χ4v) is 2.04. The summed E-state index contributed by atoms with van der Waals surface area (Å²) in [7, 11) is 0. The fraction of sp³-hybridized carbons (Fsp3) is 0.750. The molecule has 0 aromatic rings. The molecular formula is C12H21NO2. The third-order valence-corrected chi connectivity index (χ3v) is 3.02. The molecule has 0 saturated heterocycles. The molecule has 1 rings (SSSR count). The Labute approximate surface area is 91.6 Å². The van der Waals surface area contributed by atoms with Gasteiger partial charge in [-0.1, -0.05) is 32.3 Å². The Morgan fingerprint density at radius 1 is 1.40 bits per heavy atom.